The van der Waals surface area contributed by atoms with Crippen LogP contribution in [0.1, 0.15) is 11.3 Å². The molecule has 0 spiro atoms. The lowest BCUT2D eigenvalue weighted by atomic mass is 10.2. The molecule has 0 aliphatic carbocycles. The third-order valence-electron chi connectivity index (χ3n) is 5.51. The summed E-state index contributed by atoms with van der Waals surface area (Å²) in [5, 5.41) is 0.656. The molecule has 2 heterocycles. The minimum absolute atomic E-state index is 0.0671. The minimum Gasteiger partial charge on any atom is -0.497 e. The molecule has 174 valence electrons. The zero-order valence-electron chi connectivity index (χ0n) is 19.0. The van der Waals surface area contributed by atoms with E-state index in [0.29, 0.717) is 16.6 Å². The number of para-hydroxylation sites is 1. The van der Waals surface area contributed by atoms with Gasteiger partial charge in [-0.2, -0.15) is 0 Å². The van der Waals surface area contributed by atoms with Crippen molar-refractivity contribution in [1.82, 2.24) is 9.47 Å². The van der Waals surface area contributed by atoms with Crippen LogP contribution in [0.25, 0.3) is 11.8 Å². The molecule has 1 saturated heterocycles. The van der Waals surface area contributed by atoms with Gasteiger partial charge in [-0.1, -0.05) is 52.3 Å². The third-order valence-corrected chi connectivity index (χ3v) is 7.01. The van der Waals surface area contributed by atoms with Crippen LogP contribution in [0.2, 0.25) is 0 Å². The fourth-order valence-electron chi connectivity index (χ4n) is 3.76. The first-order chi connectivity index (χ1) is 17.1. The number of ether oxygens (including phenoxy) is 1. The highest BCUT2D eigenvalue weighted by atomic mass is 79.9. The summed E-state index contributed by atoms with van der Waals surface area (Å²) in [6.07, 6.45) is 3.93. The number of hydrogen-bond acceptors (Lipinski definition) is 4. The van der Waals surface area contributed by atoms with Crippen molar-refractivity contribution in [2.24, 2.45) is 4.99 Å². The van der Waals surface area contributed by atoms with E-state index < -0.39 is 0 Å². The van der Waals surface area contributed by atoms with Crippen molar-refractivity contribution in [2.75, 3.05) is 7.11 Å². The molecular weight excluding hydrogens is 522 g/mol. The Balaban J connectivity index is 1.50. The zero-order chi connectivity index (χ0) is 24.2. The highest BCUT2D eigenvalue weighted by molar-refractivity contribution is 9.10. The monoisotopic (exact) mass is 543 g/mol. The number of benzene rings is 3. The Morgan fingerprint density at radius 2 is 1.77 bits per heavy atom. The number of carbonyl (C=O) groups is 1. The molecule has 1 aliphatic rings. The zero-order valence-corrected chi connectivity index (χ0v) is 21.4. The Morgan fingerprint density at radius 3 is 2.51 bits per heavy atom. The van der Waals surface area contributed by atoms with Gasteiger partial charge < -0.3 is 9.30 Å². The number of aromatic nitrogens is 1. The maximum Gasteiger partial charge on any atom is 0.267 e. The van der Waals surface area contributed by atoms with Crippen LogP contribution >= 0.6 is 27.7 Å². The Bertz CT molecular complexity index is 1410. The smallest absolute Gasteiger partial charge is 0.267 e. The van der Waals surface area contributed by atoms with Gasteiger partial charge in [-0.25, -0.2) is 4.99 Å². The molecule has 3 aromatic carbocycles. The normalized spacial score (nSPS) is 15.8. The molecule has 0 unspecified atom stereocenters. The molecule has 0 saturated carbocycles. The minimum atomic E-state index is -0.0671. The van der Waals surface area contributed by atoms with Gasteiger partial charge in [0.15, 0.2) is 5.17 Å². The first-order valence-electron chi connectivity index (χ1n) is 11.0. The largest absolute Gasteiger partial charge is 0.497 e. The molecule has 1 amide bonds. The molecule has 1 fully saturated rings. The fourth-order valence-corrected chi connectivity index (χ4v) is 5.13. The van der Waals surface area contributed by atoms with Gasteiger partial charge in [-0.15, -0.1) is 0 Å². The van der Waals surface area contributed by atoms with Gasteiger partial charge in [0.2, 0.25) is 0 Å². The van der Waals surface area contributed by atoms with E-state index in [1.165, 1.54) is 11.8 Å². The molecule has 0 radical (unpaired) electrons. The highest BCUT2D eigenvalue weighted by Crippen LogP contribution is 2.35. The molecule has 0 bridgehead atoms. The van der Waals surface area contributed by atoms with Gasteiger partial charge in [0.25, 0.3) is 5.91 Å². The van der Waals surface area contributed by atoms with Crippen molar-refractivity contribution in [3.8, 4) is 11.4 Å². The van der Waals surface area contributed by atoms with Crippen molar-refractivity contribution < 1.29 is 9.53 Å². The predicted octanol–water partition coefficient (Wildman–Crippen LogP) is 7.05. The standard InChI is InChI=1S/C28H22BrN3O2S/c1-34-25-14-12-20(13-15-25)19-32-27(33)26(35-28(32)30-22-8-3-2-4-9-22)18-24-11-6-16-31(24)23-10-5-7-21(29)17-23/h2-18H,19H2,1H3/b26-18-,30-28?. The van der Waals surface area contributed by atoms with Gasteiger partial charge in [0.05, 0.1) is 24.2 Å². The van der Waals surface area contributed by atoms with Crippen LogP contribution < -0.4 is 4.74 Å². The van der Waals surface area contributed by atoms with Crippen molar-refractivity contribution in [1.29, 1.82) is 0 Å². The van der Waals surface area contributed by atoms with Crippen LogP contribution in [0, 0.1) is 0 Å². The average Bonchev–Trinajstić information content (AvgIpc) is 3.45. The number of amides is 1. The summed E-state index contributed by atoms with van der Waals surface area (Å²) in [5.41, 5.74) is 3.74. The second kappa shape index (κ2) is 10.4. The van der Waals surface area contributed by atoms with Gasteiger partial charge in [-0.05, 0) is 78.0 Å². The second-order valence-corrected chi connectivity index (χ2v) is 9.79. The van der Waals surface area contributed by atoms with E-state index in [1.807, 2.05) is 103 Å². The van der Waals surface area contributed by atoms with E-state index in [1.54, 1.807) is 12.0 Å². The number of rotatable bonds is 6. The predicted molar refractivity (Wildman–Crippen MR) is 146 cm³/mol. The number of amidine groups is 1. The molecular formula is C28H22BrN3O2S. The lowest BCUT2D eigenvalue weighted by Crippen LogP contribution is -2.28. The number of hydrogen-bond donors (Lipinski definition) is 0. The van der Waals surface area contributed by atoms with E-state index in [9.17, 15) is 4.79 Å². The van der Waals surface area contributed by atoms with Crippen LogP contribution in [0.3, 0.4) is 0 Å². The van der Waals surface area contributed by atoms with Crippen molar-refractivity contribution in [2.45, 2.75) is 6.54 Å². The molecule has 0 N–H and O–H groups in total. The Morgan fingerprint density at radius 1 is 0.971 bits per heavy atom. The van der Waals surface area contributed by atoms with E-state index in [0.717, 1.165) is 32.9 Å². The summed E-state index contributed by atoms with van der Waals surface area (Å²) in [6.45, 7) is 0.422. The summed E-state index contributed by atoms with van der Waals surface area (Å²) in [4.78, 5) is 20.7. The van der Waals surface area contributed by atoms with Crippen LogP contribution in [0.4, 0.5) is 5.69 Å². The summed E-state index contributed by atoms with van der Waals surface area (Å²) in [5.74, 6) is 0.713. The topological polar surface area (TPSA) is 46.8 Å². The van der Waals surface area contributed by atoms with Crippen LogP contribution in [-0.2, 0) is 11.3 Å². The number of halogens is 1. The van der Waals surface area contributed by atoms with Gasteiger partial charge in [-0.3, -0.25) is 9.69 Å². The average molecular weight is 544 g/mol. The lowest BCUT2D eigenvalue weighted by Gasteiger charge is -2.16. The Kier molecular flexibility index (Phi) is 6.88. The molecule has 5 rings (SSSR count). The van der Waals surface area contributed by atoms with Crippen LogP contribution in [0.5, 0.6) is 5.75 Å². The number of thioether (sulfide) groups is 1. The summed E-state index contributed by atoms with van der Waals surface area (Å²) < 4.78 is 8.33. The van der Waals surface area contributed by atoms with Crippen LogP contribution in [-0.4, -0.2) is 27.7 Å². The number of methoxy groups -OCH3 is 1. The SMILES string of the molecule is COc1ccc(CN2C(=O)/C(=C/c3cccn3-c3cccc(Br)c3)SC2=Nc2ccccc2)cc1. The number of carbonyl (C=O) groups excluding carboxylic acids is 1. The maximum atomic E-state index is 13.6. The molecule has 1 aromatic heterocycles. The quantitative estimate of drug-likeness (QED) is 0.245. The maximum absolute atomic E-state index is 13.6. The Labute approximate surface area is 216 Å². The van der Waals surface area contributed by atoms with E-state index in [2.05, 4.69) is 20.5 Å². The van der Waals surface area contributed by atoms with E-state index in [-0.39, 0.29) is 5.91 Å². The molecule has 35 heavy (non-hydrogen) atoms. The summed E-state index contributed by atoms with van der Waals surface area (Å²) in [7, 11) is 1.64. The molecule has 4 aromatic rings. The van der Waals surface area contributed by atoms with Crippen molar-refractivity contribution in [3.63, 3.8) is 0 Å². The van der Waals surface area contributed by atoms with Gasteiger partial charge in [0.1, 0.15) is 5.75 Å². The van der Waals surface area contributed by atoms with Crippen molar-refractivity contribution >= 4 is 50.5 Å². The number of nitrogens with zero attached hydrogens (tertiary/aromatic N) is 3. The fraction of sp³-hybridized carbons (Fsp3) is 0.0714. The van der Waals surface area contributed by atoms with E-state index >= 15 is 0 Å². The molecule has 5 nitrogen and oxygen atoms in total. The second-order valence-electron chi connectivity index (χ2n) is 7.86. The first-order valence-corrected chi connectivity index (χ1v) is 12.6. The van der Waals surface area contributed by atoms with Crippen LogP contribution in [0.15, 0.2) is 112 Å². The van der Waals surface area contributed by atoms with E-state index in [4.69, 9.17) is 9.73 Å². The third kappa shape index (κ3) is 5.26. The highest BCUT2D eigenvalue weighted by Gasteiger charge is 2.33. The van der Waals surface area contributed by atoms with Gasteiger partial charge in [0, 0.05) is 22.1 Å². The van der Waals surface area contributed by atoms with Gasteiger partial charge >= 0.3 is 0 Å². The lowest BCUT2D eigenvalue weighted by molar-refractivity contribution is -0.122. The van der Waals surface area contributed by atoms with Crippen molar-refractivity contribution in [3.05, 3.63) is 118 Å². The molecule has 0 atom stereocenters. The molecule has 1 aliphatic heterocycles. The summed E-state index contributed by atoms with van der Waals surface area (Å²) in [6, 6.07) is 29.5. The number of aliphatic imine (C=N–C) groups is 1. The first kappa shape index (κ1) is 23.2. The molecule has 7 heteroatoms. The Hall–Kier alpha value is -3.55. The summed E-state index contributed by atoms with van der Waals surface area (Å²) >= 11 is 4.93.